The van der Waals surface area contributed by atoms with Crippen LogP contribution in [-0.2, 0) is 6.54 Å². The summed E-state index contributed by atoms with van der Waals surface area (Å²) in [4.78, 5) is 44.8. The van der Waals surface area contributed by atoms with Crippen LogP contribution < -0.4 is 11.1 Å². The van der Waals surface area contributed by atoms with Crippen molar-refractivity contribution in [1.82, 2.24) is 28.7 Å². The number of nitrogens with zero attached hydrogens (tertiary/aromatic N) is 7. The molecule has 4 heterocycles. The molecule has 0 saturated carbocycles. The van der Waals surface area contributed by atoms with Gasteiger partial charge in [-0.2, -0.15) is 5.10 Å². The Labute approximate surface area is 172 Å². The summed E-state index contributed by atoms with van der Waals surface area (Å²) in [7, 11) is 0. The number of benzene rings is 1. The van der Waals surface area contributed by atoms with Gasteiger partial charge in [-0.3, -0.25) is 28.7 Å². The second-order valence-electron chi connectivity index (χ2n) is 6.73. The number of nitro groups is 1. The topological polar surface area (TPSA) is 130 Å². The summed E-state index contributed by atoms with van der Waals surface area (Å²) in [6.45, 7) is 0.0407. The molecule has 0 fully saturated rings. The number of hydrogen-bond acceptors (Lipinski definition) is 7. The van der Waals surface area contributed by atoms with Gasteiger partial charge in [0.2, 0.25) is 0 Å². The molecule has 0 N–H and O–H groups in total. The van der Waals surface area contributed by atoms with Gasteiger partial charge in [-0.25, -0.2) is 14.6 Å². The fraction of sp³-hybridized carbons (Fsp3) is 0.0500. The van der Waals surface area contributed by atoms with E-state index in [9.17, 15) is 19.7 Å². The zero-order chi connectivity index (χ0) is 21.5. The smallest absolute Gasteiger partial charge is 0.292 e. The fourth-order valence-electron chi connectivity index (χ4n) is 3.39. The highest BCUT2D eigenvalue weighted by molar-refractivity contribution is 5.76. The van der Waals surface area contributed by atoms with Crippen molar-refractivity contribution in [3.8, 4) is 5.69 Å². The standard InChI is InChI=1S/C20H13N7O4/c28-18-9-13(23-17-7-3-4-8-25(17)18)11-24-12-21-19-14(20(24)29)10-22-26(19)15-5-1-2-6-16(15)27(30)31/h1-10,12H,11H2. The number of aromatic nitrogens is 6. The van der Waals surface area contributed by atoms with E-state index in [1.54, 1.807) is 36.5 Å². The lowest BCUT2D eigenvalue weighted by molar-refractivity contribution is -0.384. The summed E-state index contributed by atoms with van der Waals surface area (Å²) >= 11 is 0. The zero-order valence-corrected chi connectivity index (χ0v) is 15.8. The van der Waals surface area contributed by atoms with Crippen LogP contribution in [0.4, 0.5) is 5.69 Å². The van der Waals surface area contributed by atoms with Gasteiger partial charge in [-0.05, 0) is 18.2 Å². The minimum absolute atomic E-state index is 0.0407. The van der Waals surface area contributed by atoms with Crippen molar-refractivity contribution in [2.24, 2.45) is 0 Å². The van der Waals surface area contributed by atoms with Gasteiger partial charge in [-0.1, -0.05) is 18.2 Å². The number of pyridine rings is 1. The molecule has 0 amide bonds. The van der Waals surface area contributed by atoms with Gasteiger partial charge >= 0.3 is 0 Å². The van der Waals surface area contributed by atoms with Crippen molar-refractivity contribution in [1.29, 1.82) is 0 Å². The Hall–Kier alpha value is -4.67. The Balaban J connectivity index is 1.59. The molecule has 4 aromatic heterocycles. The number of hydrogen-bond donors (Lipinski definition) is 0. The third-order valence-corrected chi connectivity index (χ3v) is 4.82. The Bertz CT molecular complexity index is 1600. The van der Waals surface area contributed by atoms with Crippen molar-refractivity contribution in [3.05, 3.63) is 104 Å². The molecule has 11 nitrogen and oxygen atoms in total. The lowest BCUT2D eigenvalue weighted by Crippen LogP contribution is -2.23. The second kappa shape index (κ2) is 6.99. The van der Waals surface area contributed by atoms with Crippen molar-refractivity contribution >= 4 is 22.4 Å². The molecular formula is C20H13N7O4. The van der Waals surface area contributed by atoms with Gasteiger partial charge in [0.05, 0.1) is 23.4 Å². The Morgan fingerprint density at radius 1 is 1.06 bits per heavy atom. The van der Waals surface area contributed by atoms with Crippen LogP contribution in [0.3, 0.4) is 0 Å². The molecule has 1 aromatic carbocycles. The first kappa shape index (κ1) is 18.4. The van der Waals surface area contributed by atoms with E-state index >= 15 is 0 Å². The van der Waals surface area contributed by atoms with Crippen LogP contribution >= 0.6 is 0 Å². The predicted molar refractivity (Wildman–Crippen MR) is 110 cm³/mol. The maximum Gasteiger partial charge on any atom is 0.294 e. The van der Waals surface area contributed by atoms with Crippen molar-refractivity contribution in [2.45, 2.75) is 6.54 Å². The summed E-state index contributed by atoms with van der Waals surface area (Å²) in [6, 6.07) is 12.6. The summed E-state index contributed by atoms with van der Waals surface area (Å²) in [6.07, 6.45) is 4.25. The van der Waals surface area contributed by atoms with Gasteiger partial charge in [0.1, 0.15) is 23.0 Å². The van der Waals surface area contributed by atoms with E-state index in [0.29, 0.717) is 11.3 Å². The Morgan fingerprint density at radius 3 is 2.71 bits per heavy atom. The average Bonchev–Trinajstić information content (AvgIpc) is 3.20. The highest BCUT2D eigenvalue weighted by Gasteiger charge is 2.19. The molecule has 152 valence electrons. The van der Waals surface area contributed by atoms with Crippen LogP contribution in [-0.4, -0.2) is 33.6 Å². The SMILES string of the molecule is O=c1c2cnn(-c3ccccc3[N+](=O)[O-])c2ncn1Cc1cc(=O)n2ccccc2n1. The number of rotatable bonds is 4. The second-order valence-corrected chi connectivity index (χ2v) is 6.73. The van der Waals surface area contributed by atoms with E-state index < -0.39 is 10.5 Å². The summed E-state index contributed by atoms with van der Waals surface area (Å²) in [5.74, 6) is 0. The molecule has 0 bridgehead atoms. The van der Waals surface area contributed by atoms with Crippen molar-refractivity contribution < 1.29 is 4.92 Å². The molecule has 0 aliphatic carbocycles. The van der Waals surface area contributed by atoms with E-state index in [-0.39, 0.29) is 34.5 Å². The van der Waals surface area contributed by atoms with E-state index in [4.69, 9.17) is 0 Å². The van der Waals surface area contributed by atoms with Crippen LogP contribution in [0.15, 0.2) is 76.8 Å². The van der Waals surface area contributed by atoms with Gasteiger partial charge in [0, 0.05) is 18.3 Å². The monoisotopic (exact) mass is 415 g/mol. The van der Waals surface area contributed by atoms with E-state index in [1.165, 1.54) is 44.4 Å². The molecule has 0 spiro atoms. The first-order chi connectivity index (χ1) is 15.0. The maximum atomic E-state index is 13.0. The lowest BCUT2D eigenvalue weighted by atomic mass is 10.2. The van der Waals surface area contributed by atoms with Crippen molar-refractivity contribution in [2.75, 3.05) is 0 Å². The zero-order valence-electron chi connectivity index (χ0n) is 15.8. The highest BCUT2D eigenvalue weighted by atomic mass is 16.6. The number of fused-ring (bicyclic) bond motifs is 2. The quantitative estimate of drug-likeness (QED) is 0.321. The van der Waals surface area contributed by atoms with E-state index in [0.717, 1.165) is 0 Å². The molecule has 0 radical (unpaired) electrons. The average molecular weight is 415 g/mol. The van der Waals surface area contributed by atoms with Crippen LogP contribution in [0.1, 0.15) is 5.69 Å². The highest BCUT2D eigenvalue weighted by Crippen LogP contribution is 2.23. The van der Waals surface area contributed by atoms with Gasteiger partial charge in [-0.15, -0.1) is 0 Å². The first-order valence-electron chi connectivity index (χ1n) is 9.17. The van der Waals surface area contributed by atoms with Crippen molar-refractivity contribution in [3.63, 3.8) is 0 Å². The molecular weight excluding hydrogens is 402 g/mol. The molecule has 11 heteroatoms. The molecule has 0 unspecified atom stereocenters. The molecule has 0 aliphatic heterocycles. The Morgan fingerprint density at radius 2 is 1.87 bits per heavy atom. The summed E-state index contributed by atoms with van der Waals surface area (Å²) < 4.78 is 3.99. The van der Waals surface area contributed by atoms with Crippen LogP contribution in [0.25, 0.3) is 22.4 Å². The maximum absolute atomic E-state index is 13.0. The first-order valence-corrected chi connectivity index (χ1v) is 9.17. The minimum atomic E-state index is -0.520. The van der Waals surface area contributed by atoms with Crippen LogP contribution in [0, 0.1) is 10.1 Å². The van der Waals surface area contributed by atoms with E-state index in [1.807, 2.05) is 0 Å². The number of para-hydroxylation sites is 2. The normalized spacial score (nSPS) is 11.2. The predicted octanol–water partition coefficient (Wildman–Crippen LogP) is 1.55. The molecule has 0 atom stereocenters. The lowest BCUT2D eigenvalue weighted by Gasteiger charge is -2.07. The Kier molecular flexibility index (Phi) is 4.14. The third-order valence-electron chi connectivity index (χ3n) is 4.82. The molecule has 31 heavy (non-hydrogen) atoms. The molecule has 0 aliphatic rings. The third kappa shape index (κ3) is 3.04. The van der Waals surface area contributed by atoms with Gasteiger partial charge in [0.25, 0.3) is 16.8 Å². The minimum Gasteiger partial charge on any atom is -0.292 e. The summed E-state index contributed by atoms with van der Waals surface area (Å²) in [5.41, 5.74) is 0.469. The van der Waals surface area contributed by atoms with Gasteiger partial charge < -0.3 is 0 Å². The molecule has 5 rings (SSSR count). The van der Waals surface area contributed by atoms with E-state index in [2.05, 4.69) is 15.1 Å². The van der Waals surface area contributed by atoms with Crippen LogP contribution in [0.2, 0.25) is 0 Å². The number of nitro benzene ring substituents is 1. The fourth-order valence-corrected chi connectivity index (χ4v) is 3.39. The summed E-state index contributed by atoms with van der Waals surface area (Å²) in [5, 5.41) is 15.7. The largest absolute Gasteiger partial charge is 0.294 e. The van der Waals surface area contributed by atoms with Gasteiger partial charge in [0.15, 0.2) is 5.65 Å². The molecule has 0 saturated heterocycles. The molecule has 5 aromatic rings. The van der Waals surface area contributed by atoms with Crippen LogP contribution in [0.5, 0.6) is 0 Å².